The van der Waals surface area contributed by atoms with Crippen molar-refractivity contribution < 1.29 is 18.6 Å². The topological polar surface area (TPSA) is 97.5 Å². The Morgan fingerprint density at radius 2 is 2.05 bits per heavy atom. The molecular formula is C13H14N2O4S. The fraction of sp³-hybridized carbons (Fsp3) is 0.308. The summed E-state index contributed by atoms with van der Waals surface area (Å²) in [5.74, 6) is -1.44. The molecular weight excluding hydrogens is 280 g/mol. The molecule has 0 aliphatic carbocycles. The van der Waals surface area contributed by atoms with E-state index >= 15 is 0 Å². The summed E-state index contributed by atoms with van der Waals surface area (Å²) in [6, 6.07) is 3.74. The van der Waals surface area contributed by atoms with E-state index in [1.165, 1.54) is 36.9 Å². The van der Waals surface area contributed by atoms with Crippen LogP contribution in [0.3, 0.4) is 0 Å². The molecule has 0 radical (unpaired) electrons. The number of amides is 2. The molecule has 2 unspecified atom stereocenters. The first-order chi connectivity index (χ1) is 9.32. The van der Waals surface area contributed by atoms with Gasteiger partial charge in [0.1, 0.15) is 11.8 Å². The van der Waals surface area contributed by atoms with E-state index in [1.807, 2.05) is 0 Å². The Balaban J connectivity index is 2.58. The third kappa shape index (κ3) is 2.36. The van der Waals surface area contributed by atoms with Crippen LogP contribution in [-0.4, -0.2) is 33.6 Å². The van der Waals surface area contributed by atoms with Gasteiger partial charge in [0.05, 0.1) is 21.4 Å². The lowest BCUT2D eigenvalue weighted by atomic mass is 10.1. The summed E-state index contributed by atoms with van der Waals surface area (Å²) in [5, 5.41) is 0. The zero-order valence-corrected chi connectivity index (χ0v) is 11.9. The molecule has 6 nitrogen and oxygen atoms in total. The molecule has 0 saturated heterocycles. The highest BCUT2D eigenvalue weighted by Gasteiger charge is 2.34. The minimum absolute atomic E-state index is 0.156. The number of hydrogen-bond donors (Lipinski definition) is 1. The number of hydrogen-bond acceptors (Lipinski definition) is 4. The molecule has 2 rings (SSSR count). The van der Waals surface area contributed by atoms with Crippen LogP contribution in [0, 0.1) is 0 Å². The molecule has 20 heavy (non-hydrogen) atoms. The first kappa shape index (κ1) is 14.4. The molecule has 0 fully saturated rings. The number of primary amides is 1. The van der Waals surface area contributed by atoms with Crippen LogP contribution in [0.1, 0.15) is 24.2 Å². The van der Waals surface area contributed by atoms with Crippen molar-refractivity contribution >= 4 is 34.1 Å². The maximum atomic E-state index is 12.0. The van der Waals surface area contributed by atoms with Gasteiger partial charge in [0.2, 0.25) is 11.8 Å². The average molecular weight is 294 g/mol. The molecule has 106 valence electrons. The Bertz CT molecular complexity index is 641. The number of carbonyl (C=O) groups is 3. The summed E-state index contributed by atoms with van der Waals surface area (Å²) in [5.41, 5.74) is 6.02. The molecule has 7 heteroatoms. The van der Waals surface area contributed by atoms with Gasteiger partial charge in [0.25, 0.3) is 0 Å². The minimum Gasteiger partial charge on any atom is -0.368 e. The predicted molar refractivity (Wildman–Crippen MR) is 73.9 cm³/mol. The molecule has 0 saturated carbocycles. The molecule has 0 bridgehead atoms. The molecule has 0 aromatic heterocycles. The largest absolute Gasteiger partial charge is 0.368 e. The zero-order chi connectivity index (χ0) is 15.0. The standard InChI is InChI=1S/C13H14N2O4S/c1-7(13(14)18)15-10-4-3-9(8(2)16)5-11(10)20(19)6-12(15)17/h3-5,7H,6H2,1-2H3,(H2,14,18). The van der Waals surface area contributed by atoms with E-state index in [0.717, 1.165) is 0 Å². The van der Waals surface area contributed by atoms with Gasteiger partial charge in [-0.15, -0.1) is 0 Å². The molecule has 2 N–H and O–H groups in total. The van der Waals surface area contributed by atoms with E-state index in [0.29, 0.717) is 16.1 Å². The quantitative estimate of drug-likeness (QED) is 0.806. The van der Waals surface area contributed by atoms with Gasteiger partial charge in [0.15, 0.2) is 5.78 Å². The summed E-state index contributed by atoms with van der Waals surface area (Å²) in [6.45, 7) is 2.92. The number of carbonyl (C=O) groups excluding carboxylic acids is 3. The summed E-state index contributed by atoms with van der Waals surface area (Å²) in [7, 11) is -1.52. The number of ketones is 1. The second-order valence-corrected chi connectivity index (χ2v) is 5.99. The minimum atomic E-state index is -1.52. The van der Waals surface area contributed by atoms with Crippen molar-refractivity contribution in [3.05, 3.63) is 23.8 Å². The zero-order valence-electron chi connectivity index (χ0n) is 11.1. The SMILES string of the molecule is CC(=O)c1ccc2c(c1)S(=O)CC(=O)N2C(C)C(N)=O. The Hall–Kier alpha value is -2.02. The lowest BCUT2D eigenvalue weighted by molar-refractivity contribution is -0.123. The lowest BCUT2D eigenvalue weighted by Gasteiger charge is -2.32. The monoisotopic (exact) mass is 294 g/mol. The predicted octanol–water partition coefficient (Wildman–Crippen LogP) is 0.217. The molecule has 2 amide bonds. The molecule has 1 aromatic rings. The van der Waals surface area contributed by atoms with Gasteiger partial charge >= 0.3 is 0 Å². The molecule has 1 aromatic carbocycles. The fourth-order valence-electron chi connectivity index (χ4n) is 2.06. The first-order valence-electron chi connectivity index (χ1n) is 5.97. The number of rotatable bonds is 3. The Labute approximate surface area is 118 Å². The maximum Gasteiger partial charge on any atom is 0.240 e. The van der Waals surface area contributed by atoms with Crippen LogP contribution in [0.4, 0.5) is 5.69 Å². The van der Waals surface area contributed by atoms with Crippen LogP contribution in [-0.2, 0) is 20.4 Å². The number of Topliss-reactive ketones (excluding diaryl/α,β-unsaturated/α-hetero) is 1. The highest BCUT2D eigenvalue weighted by molar-refractivity contribution is 7.86. The Kier molecular flexibility index (Phi) is 3.71. The Morgan fingerprint density at radius 3 is 2.60 bits per heavy atom. The van der Waals surface area contributed by atoms with Crippen LogP contribution >= 0.6 is 0 Å². The van der Waals surface area contributed by atoms with Gasteiger partial charge in [0, 0.05) is 5.56 Å². The Morgan fingerprint density at radius 1 is 1.40 bits per heavy atom. The summed E-state index contributed by atoms with van der Waals surface area (Å²) in [6.07, 6.45) is 0. The third-order valence-electron chi connectivity index (χ3n) is 3.19. The molecule has 1 aliphatic rings. The van der Waals surface area contributed by atoms with Crippen molar-refractivity contribution in [1.82, 2.24) is 0 Å². The van der Waals surface area contributed by atoms with Crippen molar-refractivity contribution in [2.24, 2.45) is 5.73 Å². The first-order valence-corrected chi connectivity index (χ1v) is 7.29. The summed E-state index contributed by atoms with van der Waals surface area (Å²) in [4.78, 5) is 36.3. The van der Waals surface area contributed by atoms with Gasteiger partial charge in [-0.05, 0) is 32.0 Å². The highest BCUT2D eigenvalue weighted by atomic mass is 32.2. The van der Waals surface area contributed by atoms with Crippen LogP contribution in [0.15, 0.2) is 23.1 Å². The fourth-order valence-corrected chi connectivity index (χ4v) is 3.24. The summed E-state index contributed by atoms with van der Waals surface area (Å²) < 4.78 is 12.0. The van der Waals surface area contributed by atoms with Crippen molar-refractivity contribution in [3.8, 4) is 0 Å². The molecule has 1 aliphatic heterocycles. The van der Waals surface area contributed by atoms with Crippen LogP contribution < -0.4 is 10.6 Å². The van der Waals surface area contributed by atoms with E-state index in [4.69, 9.17) is 5.73 Å². The van der Waals surface area contributed by atoms with E-state index in [-0.39, 0.29) is 11.5 Å². The second-order valence-electron chi connectivity index (χ2n) is 4.57. The van der Waals surface area contributed by atoms with Gasteiger partial charge in [-0.1, -0.05) is 0 Å². The number of benzene rings is 1. The summed E-state index contributed by atoms with van der Waals surface area (Å²) >= 11 is 0. The van der Waals surface area contributed by atoms with Gasteiger partial charge in [-0.2, -0.15) is 0 Å². The second kappa shape index (κ2) is 5.16. The van der Waals surface area contributed by atoms with E-state index < -0.39 is 28.7 Å². The number of fused-ring (bicyclic) bond motifs is 1. The van der Waals surface area contributed by atoms with Crippen LogP contribution in [0.25, 0.3) is 0 Å². The van der Waals surface area contributed by atoms with E-state index in [9.17, 15) is 18.6 Å². The molecule has 0 spiro atoms. The highest BCUT2D eigenvalue weighted by Crippen LogP contribution is 2.31. The number of nitrogens with two attached hydrogens (primary N) is 1. The molecule has 1 heterocycles. The maximum absolute atomic E-state index is 12.0. The third-order valence-corrected chi connectivity index (χ3v) is 4.52. The lowest BCUT2D eigenvalue weighted by Crippen LogP contribution is -2.50. The van der Waals surface area contributed by atoms with Gasteiger partial charge < -0.3 is 5.73 Å². The average Bonchev–Trinajstić information content (AvgIpc) is 2.37. The van der Waals surface area contributed by atoms with Crippen molar-refractivity contribution in [2.45, 2.75) is 24.8 Å². The normalized spacial score (nSPS) is 19.4. The van der Waals surface area contributed by atoms with Crippen molar-refractivity contribution in [2.75, 3.05) is 10.7 Å². The molecule has 2 atom stereocenters. The number of anilines is 1. The number of nitrogens with zero attached hydrogens (tertiary/aromatic N) is 1. The van der Waals surface area contributed by atoms with Crippen molar-refractivity contribution in [3.63, 3.8) is 0 Å². The van der Waals surface area contributed by atoms with E-state index in [2.05, 4.69) is 0 Å². The van der Waals surface area contributed by atoms with Crippen molar-refractivity contribution in [1.29, 1.82) is 0 Å². The smallest absolute Gasteiger partial charge is 0.240 e. The van der Waals surface area contributed by atoms with Gasteiger partial charge in [-0.25, -0.2) is 0 Å². The van der Waals surface area contributed by atoms with E-state index in [1.54, 1.807) is 0 Å². The van der Waals surface area contributed by atoms with Gasteiger partial charge in [-0.3, -0.25) is 23.5 Å². The van der Waals surface area contributed by atoms with Crippen LogP contribution in [0.2, 0.25) is 0 Å². The van der Waals surface area contributed by atoms with Crippen LogP contribution in [0.5, 0.6) is 0 Å².